The number of aromatic nitrogens is 3. The fourth-order valence-electron chi connectivity index (χ4n) is 3.40. The lowest BCUT2D eigenvalue weighted by Crippen LogP contribution is -2.07. The number of halogens is 1. The van der Waals surface area contributed by atoms with Gasteiger partial charge in [0.1, 0.15) is 23.0 Å². The van der Waals surface area contributed by atoms with Crippen molar-refractivity contribution < 1.29 is 3.07 Å². The highest BCUT2D eigenvalue weighted by Crippen LogP contribution is 2.53. The van der Waals surface area contributed by atoms with Crippen LogP contribution >= 0.6 is 23.0 Å². The Morgan fingerprint density at radius 1 is 1.35 bits per heavy atom. The number of rotatable bonds is 3. The first-order valence-electron chi connectivity index (χ1n) is 6.50. The molecule has 4 nitrogen and oxygen atoms in total. The van der Waals surface area contributed by atoms with E-state index in [1.807, 2.05) is 23.0 Å². The Balaban J connectivity index is 1.73. The summed E-state index contributed by atoms with van der Waals surface area (Å²) >= 11 is 2.02. The molecule has 1 saturated carbocycles. The molecule has 0 aliphatic heterocycles. The van der Waals surface area contributed by atoms with Gasteiger partial charge in [-0.3, -0.25) is 0 Å². The number of hydrogen-bond donors (Lipinski definition) is 0. The third kappa shape index (κ3) is 2.12. The topological polar surface area (TPSA) is 39.9 Å². The summed E-state index contributed by atoms with van der Waals surface area (Å²) in [5, 5.41) is 8.57. The Hall–Kier alpha value is -0.170. The fraction of sp³-hybridized carbons (Fsp3) is 0.833. The molecule has 1 aromatic rings. The molecule has 17 heavy (non-hydrogen) atoms. The molecule has 3 atom stereocenters. The second kappa shape index (κ2) is 4.84. The molecule has 0 bridgehead atoms. The van der Waals surface area contributed by atoms with Gasteiger partial charge in [0.05, 0.1) is 18.0 Å². The molecule has 3 unspecified atom stereocenters. The van der Waals surface area contributed by atoms with Crippen LogP contribution in [0.3, 0.4) is 0 Å². The Kier molecular flexibility index (Phi) is 3.38. The van der Waals surface area contributed by atoms with Crippen LogP contribution < -0.4 is 0 Å². The summed E-state index contributed by atoms with van der Waals surface area (Å²) in [6.07, 6.45) is 4.81. The van der Waals surface area contributed by atoms with E-state index in [-0.39, 0.29) is 0 Å². The van der Waals surface area contributed by atoms with E-state index < -0.39 is 0 Å². The van der Waals surface area contributed by atoms with E-state index in [9.17, 15) is 0 Å². The molecule has 0 N–H and O–H groups in total. The van der Waals surface area contributed by atoms with Gasteiger partial charge < -0.3 is 3.07 Å². The quantitative estimate of drug-likeness (QED) is 0.789. The van der Waals surface area contributed by atoms with E-state index in [2.05, 4.69) is 21.9 Å². The van der Waals surface area contributed by atoms with Gasteiger partial charge in [-0.1, -0.05) is 5.21 Å². The second-order valence-electron chi connectivity index (χ2n) is 5.14. The van der Waals surface area contributed by atoms with Crippen LogP contribution in [-0.4, -0.2) is 21.6 Å². The lowest BCUT2D eigenvalue weighted by molar-refractivity contribution is 0.375. The van der Waals surface area contributed by atoms with Crippen molar-refractivity contribution in [1.82, 2.24) is 15.0 Å². The normalized spacial score (nSPS) is 31.3. The first-order chi connectivity index (χ1) is 8.35. The van der Waals surface area contributed by atoms with Crippen LogP contribution in [0.25, 0.3) is 0 Å². The third-order valence-corrected chi connectivity index (χ3v) is 4.77. The molecule has 1 heterocycles. The van der Waals surface area contributed by atoms with Crippen LogP contribution in [0, 0.1) is 17.8 Å². The van der Waals surface area contributed by atoms with Crippen molar-refractivity contribution >= 4 is 23.0 Å². The Morgan fingerprint density at radius 2 is 2.12 bits per heavy atom. The zero-order valence-electron chi connectivity index (χ0n) is 10.1. The molecule has 1 fully saturated rings. The van der Waals surface area contributed by atoms with Crippen LogP contribution in [0.2, 0.25) is 0 Å². The predicted octanol–water partition coefficient (Wildman–Crippen LogP) is 2.41. The molecule has 2 aliphatic carbocycles. The molecule has 2 aliphatic rings. The van der Waals surface area contributed by atoms with Crippen LogP contribution in [0.5, 0.6) is 0 Å². The summed E-state index contributed by atoms with van der Waals surface area (Å²) in [6, 6.07) is 0. The van der Waals surface area contributed by atoms with E-state index in [4.69, 9.17) is 3.07 Å². The monoisotopic (exact) mass is 347 g/mol. The number of aryl methyl sites for hydroxylation is 2. The molecule has 1 aromatic heterocycles. The van der Waals surface area contributed by atoms with Crippen LogP contribution in [0.15, 0.2) is 0 Å². The summed E-state index contributed by atoms with van der Waals surface area (Å²) in [6.45, 7) is 4.01. The molecule has 0 amide bonds. The van der Waals surface area contributed by atoms with Crippen molar-refractivity contribution in [2.24, 2.45) is 17.8 Å². The summed E-state index contributed by atoms with van der Waals surface area (Å²) < 4.78 is 7.35. The SMILES string of the molecule is CCn1nnc2c1CCC1C(CC2)C1COI. The first-order valence-corrected chi connectivity index (χ1v) is 7.38. The molecular formula is C12H18IN3O. The second-order valence-corrected chi connectivity index (χ2v) is 5.77. The number of hydrogen-bond acceptors (Lipinski definition) is 3. The van der Waals surface area contributed by atoms with Gasteiger partial charge in [-0.2, -0.15) is 0 Å². The van der Waals surface area contributed by atoms with Crippen LogP contribution in [-0.2, 0) is 22.5 Å². The average molecular weight is 347 g/mol. The van der Waals surface area contributed by atoms with Crippen molar-refractivity contribution in [2.45, 2.75) is 39.2 Å². The van der Waals surface area contributed by atoms with Gasteiger partial charge in [-0.25, -0.2) is 4.68 Å². The van der Waals surface area contributed by atoms with E-state index in [1.165, 1.54) is 24.2 Å². The van der Waals surface area contributed by atoms with Crippen molar-refractivity contribution in [3.8, 4) is 0 Å². The zero-order valence-corrected chi connectivity index (χ0v) is 12.3. The Labute approximate surface area is 116 Å². The lowest BCUT2D eigenvalue weighted by atomic mass is 10.0. The first kappa shape index (κ1) is 11.9. The third-order valence-electron chi connectivity index (χ3n) is 4.41. The van der Waals surface area contributed by atoms with Gasteiger partial charge in [0, 0.05) is 6.54 Å². The molecule has 3 rings (SSSR count). The number of nitrogens with zero attached hydrogens (tertiary/aromatic N) is 3. The van der Waals surface area contributed by atoms with Gasteiger partial charge in [-0.05, 0) is 50.4 Å². The fourth-order valence-corrected chi connectivity index (χ4v) is 3.81. The van der Waals surface area contributed by atoms with E-state index in [1.54, 1.807) is 0 Å². The van der Waals surface area contributed by atoms with Crippen molar-refractivity contribution in [1.29, 1.82) is 0 Å². The van der Waals surface area contributed by atoms with E-state index in [0.717, 1.165) is 43.7 Å². The molecule has 94 valence electrons. The zero-order chi connectivity index (χ0) is 11.8. The van der Waals surface area contributed by atoms with E-state index >= 15 is 0 Å². The highest BCUT2D eigenvalue weighted by molar-refractivity contribution is 14.1. The minimum absolute atomic E-state index is 0.805. The lowest BCUT2D eigenvalue weighted by Gasteiger charge is -2.09. The Morgan fingerprint density at radius 3 is 2.82 bits per heavy atom. The van der Waals surface area contributed by atoms with Crippen molar-refractivity contribution in [3.05, 3.63) is 11.4 Å². The maximum Gasteiger partial charge on any atom is 0.109 e. The maximum atomic E-state index is 5.28. The minimum Gasteiger partial charge on any atom is -0.315 e. The van der Waals surface area contributed by atoms with E-state index in [0.29, 0.717) is 0 Å². The smallest absolute Gasteiger partial charge is 0.109 e. The highest BCUT2D eigenvalue weighted by atomic mass is 127. The van der Waals surface area contributed by atoms with Gasteiger partial charge in [0.2, 0.25) is 0 Å². The van der Waals surface area contributed by atoms with Crippen molar-refractivity contribution in [2.75, 3.05) is 6.61 Å². The summed E-state index contributed by atoms with van der Waals surface area (Å²) in [7, 11) is 0. The molecule has 0 aromatic carbocycles. The molecule has 0 spiro atoms. The minimum atomic E-state index is 0.805. The summed E-state index contributed by atoms with van der Waals surface area (Å²) in [4.78, 5) is 0. The molecule has 5 heteroatoms. The summed E-state index contributed by atoms with van der Waals surface area (Å²) in [5.74, 6) is 2.57. The highest BCUT2D eigenvalue weighted by Gasteiger charge is 2.49. The standard InChI is InChI=1S/C12H18IN3O/c1-2-16-12-6-4-9-8(10(9)7-17-13)3-5-11(12)14-15-16/h8-10H,2-7H2,1H3. The van der Waals surface area contributed by atoms with Crippen LogP contribution in [0.1, 0.15) is 31.2 Å². The summed E-state index contributed by atoms with van der Waals surface area (Å²) in [5.41, 5.74) is 2.62. The van der Waals surface area contributed by atoms with Gasteiger partial charge in [-0.15, -0.1) is 5.10 Å². The van der Waals surface area contributed by atoms with Gasteiger partial charge in [0.15, 0.2) is 0 Å². The predicted molar refractivity (Wildman–Crippen MR) is 72.8 cm³/mol. The molecular weight excluding hydrogens is 329 g/mol. The van der Waals surface area contributed by atoms with Gasteiger partial charge in [0.25, 0.3) is 0 Å². The maximum absolute atomic E-state index is 5.28. The largest absolute Gasteiger partial charge is 0.315 e. The van der Waals surface area contributed by atoms with Crippen LogP contribution in [0.4, 0.5) is 0 Å². The Bertz CT molecular complexity index is 406. The van der Waals surface area contributed by atoms with Gasteiger partial charge >= 0.3 is 0 Å². The number of fused-ring (bicyclic) bond motifs is 2. The molecule has 0 radical (unpaired) electrons. The molecule has 0 saturated heterocycles. The average Bonchev–Trinajstić information content (AvgIpc) is 2.80. The van der Waals surface area contributed by atoms with Crippen molar-refractivity contribution in [3.63, 3.8) is 0 Å².